The predicted octanol–water partition coefficient (Wildman–Crippen LogP) is 1.92. The van der Waals surface area contributed by atoms with Crippen molar-refractivity contribution in [2.24, 2.45) is 11.7 Å². The van der Waals surface area contributed by atoms with Crippen LogP contribution < -0.4 is 5.73 Å². The summed E-state index contributed by atoms with van der Waals surface area (Å²) >= 11 is 0. The standard InChI is InChI=1S/C15H31N3/c1-13-6-4-8-15(16,10-13)12-17(2)11-14-7-5-9-18(14)3/h13-14H,4-12,16H2,1-3H3. The van der Waals surface area contributed by atoms with Crippen LogP contribution in [0.1, 0.15) is 45.4 Å². The first kappa shape index (κ1) is 14.3. The van der Waals surface area contributed by atoms with Gasteiger partial charge < -0.3 is 15.5 Å². The number of rotatable bonds is 4. The van der Waals surface area contributed by atoms with Gasteiger partial charge in [0.05, 0.1) is 0 Å². The lowest BCUT2D eigenvalue weighted by Gasteiger charge is -2.40. The van der Waals surface area contributed by atoms with Gasteiger partial charge in [-0.1, -0.05) is 19.8 Å². The summed E-state index contributed by atoms with van der Waals surface area (Å²) in [6, 6.07) is 0.750. The fourth-order valence-electron chi connectivity index (χ4n) is 4.02. The molecule has 0 spiro atoms. The summed E-state index contributed by atoms with van der Waals surface area (Å²) in [5.41, 5.74) is 6.68. The quantitative estimate of drug-likeness (QED) is 0.831. The smallest absolute Gasteiger partial charge is 0.0285 e. The van der Waals surface area contributed by atoms with Gasteiger partial charge >= 0.3 is 0 Å². The molecule has 0 aromatic heterocycles. The number of nitrogens with zero attached hydrogens (tertiary/aromatic N) is 2. The van der Waals surface area contributed by atoms with Gasteiger partial charge in [0, 0.05) is 24.7 Å². The van der Waals surface area contributed by atoms with Gasteiger partial charge in [-0.05, 0) is 52.2 Å². The maximum atomic E-state index is 6.60. The highest BCUT2D eigenvalue weighted by Crippen LogP contribution is 2.31. The number of likely N-dealkylation sites (N-methyl/N-ethyl adjacent to an activating group) is 2. The Balaban J connectivity index is 1.80. The Morgan fingerprint density at radius 2 is 2.11 bits per heavy atom. The van der Waals surface area contributed by atoms with E-state index in [9.17, 15) is 0 Å². The molecule has 2 aliphatic rings. The zero-order chi connectivity index (χ0) is 13.2. The lowest BCUT2D eigenvalue weighted by Crippen LogP contribution is -2.53. The summed E-state index contributed by atoms with van der Waals surface area (Å²) in [5, 5.41) is 0. The van der Waals surface area contributed by atoms with E-state index in [1.54, 1.807) is 0 Å². The van der Waals surface area contributed by atoms with Crippen LogP contribution >= 0.6 is 0 Å². The van der Waals surface area contributed by atoms with E-state index in [0.29, 0.717) is 0 Å². The molecular weight excluding hydrogens is 222 g/mol. The van der Waals surface area contributed by atoms with Crippen LogP contribution in [0.5, 0.6) is 0 Å². The molecule has 2 N–H and O–H groups in total. The Kier molecular flexibility index (Phi) is 4.68. The zero-order valence-corrected chi connectivity index (χ0v) is 12.5. The van der Waals surface area contributed by atoms with Gasteiger partial charge in [0.25, 0.3) is 0 Å². The molecule has 0 aromatic carbocycles. The summed E-state index contributed by atoms with van der Waals surface area (Å²) < 4.78 is 0. The van der Waals surface area contributed by atoms with Gasteiger partial charge in [0.2, 0.25) is 0 Å². The molecule has 3 atom stereocenters. The molecule has 1 aliphatic heterocycles. The van der Waals surface area contributed by atoms with E-state index in [1.165, 1.54) is 51.6 Å². The van der Waals surface area contributed by atoms with Crippen molar-refractivity contribution in [1.29, 1.82) is 0 Å². The SMILES string of the molecule is CC1CCCC(N)(CN(C)CC2CCCN2C)C1. The van der Waals surface area contributed by atoms with Crippen LogP contribution in [0.2, 0.25) is 0 Å². The van der Waals surface area contributed by atoms with Crippen molar-refractivity contribution in [3.8, 4) is 0 Å². The number of nitrogens with two attached hydrogens (primary N) is 1. The molecule has 2 rings (SSSR count). The molecule has 1 saturated carbocycles. The fraction of sp³-hybridized carbons (Fsp3) is 1.00. The molecule has 0 amide bonds. The van der Waals surface area contributed by atoms with Crippen molar-refractivity contribution in [1.82, 2.24) is 9.80 Å². The van der Waals surface area contributed by atoms with Crippen molar-refractivity contribution in [2.45, 2.75) is 57.0 Å². The van der Waals surface area contributed by atoms with Gasteiger partial charge in [-0.25, -0.2) is 0 Å². The van der Waals surface area contributed by atoms with Crippen LogP contribution in [-0.4, -0.2) is 55.1 Å². The van der Waals surface area contributed by atoms with Crippen LogP contribution in [0.4, 0.5) is 0 Å². The first-order valence-corrected chi connectivity index (χ1v) is 7.66. The topological polar surface area (TPSA) is 32.5 Å². The summed E-state index contributed by atoms with van der Waals surface area (Å²) in [7, 11) is 4.51. The Labute approximate surface area is 113 Å². The molecule has 3 unspecified atom stereocenters. The van der Waals surface area contributed by atoms with Crippen molar-refractivity contribution in [3.63, 3.8) is 0 Å². The molecule has 3 heteroatoms. The van der Waals surface area contributed by atoms with Crippen LogP contribution in [0.25, 0.3) is 0 Å². The summed E-state index contributed by atoms with van der Waals surface area (Å²) in [6.07, 6.45) is 7.82. The molecular formula is C15H31N3. The third-order valence-corrected chi connectivity index (χ3v) is 4.91. The van der Waals surface area contributed by atoms with E-state index in [2.05, 4.69) is 30.8 Å². The van der Waals surface area contributed by atoms with Crippen LogP contribution in [0.15, 0.2) is 0 Å². The molecule has 2 fully saturated rings. The minimum absolute atomic E-state index is 0.0730. The van der Waals surface area contributed by atoms with Gasteiger partial charge in [0.15, 0.2) is 0 Å². The maximum Gasteiger partial charge on any atom is 0.0285 e. The normalized spacial score (nSPS) is 38.5. The van der Waals surface area contributed by atoms with Crippen molar-refractivity contribution < 1.29 is 0 Å². The molecule has 1 aliphatic carbocycles. The number of likely N-dealkylation sites (tertiary alicyclic amines) is 1. The molecule has 18 heavy (non-hydrogen) atoms. The molecule has 1 saturated heterocycles. The second kappa shape index (κ2) is 5.89. The van der Waals surface area contributed by atoms with Crippen molar-refractivity contribution in [2.75, 3.05) is 33.7 Å². The van der Waals surface area contributed by atoms with Gasteiger partial charge in [-0.2, -0.15) is 0 Å². The fourth-order valence-corrected chi connectivity index (χ4v) is 4.02. The van der Waals surface area contributed by atoms with Crippen molar-refractivity contribution >= 4 is 0 Å². The lowest BCUT2D eigenvalue weighted by molar-refractivity contribution is 0.145. The second-order valence-corrected chi connectivity index (χ2v) is 7.04. The van der Waals surface area contributed by atoms with Gasteiger partial charge in [-0.3, -0.25) is 0 Å². The Hall–Kier alpha value is -0.120. The molecule has 0 bridgehead atoms. The third-order valence-electron chi connectivity index (χ3n) is 4.91. The third kappa shape index (κ3) is 3.69. The van der Waals surface area contributed by atoms with E-state index in [-0.39, 0.29) is 5.54 Å². The highest BCUT2D eigenvalue weighted by atomic mass is 15.2. The second-order valence-electron chi connectivity index (χ2n) is 7.04. The minimum Gasteiger partial charge on any atom is -0.324 e. The number of hydrogen-bond acceptors (Lipinski definition) is 3. The highest BCUT2D eigenvalue weighted by molar-refractivity contribution is 4.92. The van der Waals surface area contributed by atoms with E-state index < -0.39 is 0 Å². The van der Waals surface area contributed by atoms with Gasteiger partial charge in [-0.15, -0.1) is 0 Å². The lowest BCUT2D eigenvalue weighted by atomic mass is 9.77. The maximum absolute atomic E-state index is 6.60. The van der Waals surface area contributed by atoms with Crippen molar-refractivity contribution in [3.05, 3.63) is 0 Å². The predicted molar refractivity (Wildman–Crippen MR) is 77.7 cm³/mol. The first-order chi connectivity index (χ1) is 8.48. The molecule has 106 valence electrons. The average Bonchev–Trinajstić information content (AvgIpc) is 2.62. The van der Waals surface area contributed by atoms with Crippen LogP contribution in [0, 0.1) is 5.92 Å². The summed E-state index contributed by atoms with van der Waals surface area (Å²) in [6.45, 7) is 5.88. The monoisotopic (exact) mass is 253 g/mol. The van der Waals surface area contributed by atoms with E-state index >= 15 is 0 Å². The Morgan fingerprint density at radius 1 is 1.33 bits per heavy atom. The zero-order valence-electron chi connectivity index (χ0n) is 12.5. The van der Waals surface area contributed by atoms with Gasteiger partial charge in [0.1, 0.15) is 0 Å². The van der Waals surface area contributed by atoms with E-state index in [0.717, 1.165) is 18.5 Å². The molecule has 0 radical (unpaired) electrons. The molecule has 3 nitrogen and oxygen atoms in total. The minimum atomic E-state index is 0.0730. The Bertz CT molecular complexity index is 268. The van der Waals surface area contributed by atoms with Crippen LogP contribution in [-0.2, 0) is 0 Å². The highest BCUT2D eigenvalue weighted by Gasteiger charge is 2.33. The Morgan fingerprint density at radius 3 is 2.72 bits per heavy atom. The summed E-state index contributed by atoms with van der Waals surface area (Å²) in [5.74, 6) is 0.811. The largest absolute Gasteiger partial charge is 0.324 e. The first-order valence-electron chi connectivity index (χ1n) is 7.66. The summed E-state index contributed by atoms with van der Waals surface area (Å²) in [4.78, 5) is 4.98. The molecule has 1 heterocycles. The van der Waals surface area contributed by atoms with E-state index in [4.69, 9.17) is 5.73 Å². The number of hydrogen-bond donors (Lipinski definition) is 1. The van der Waals surface area contributed by atoms with Crippen LogP contribution in [0.3, 0.4) is 0 Å². The van der Waals surface area contributed by atoms with E-state index in [1.807, 2.05) is 0 Å². The molecule has 0 aromatic rings. The average molecular weight is 253 g/mol.